The molecule has 0 aliphatic rings. The average molecular weight is 418 g/mol. The number of para-hydroxylation sites is 2. The van der Waals surface area contributed by atoms with Gasteiger partial charge in [0.05, 0.1) is 19.3 Å². The molecule has 31 heavy (non-hydrogen) atoms. The Morgan fingerprint density at radius 3 is 2.29 bits per heavy atom. The zero-order valence-corrected chi connectivity index (χ0v) is 18.0. The molecule has 0 saturated heterocycles. The van der Waals surface area contributed by atoms with Gasteiger partial charge in [0.25, 0.3) is 5.91 Å². The Morgan fingerprint density at radius 2 is 1.58 bits per heavy atom. The molecule has 2 N–H and O–H groups in total. The third-order valence-corrected chi connectivity index (χ3v) is 4.90. The van der Waals surface area contributed by atoms with Crippen LogP contribution in [0.1, 0.15) is 21.5 Å². The normalized spacial score (nSPS) is 10.6. The van der Waals surface area contributed by atoms with E-state index >= 15 is 0 Å². The van der Waals surface area contributed by atoms with Crippen molar-refractivity contribution in [1.82, 2.24) is 4.90 Å². The van der Waals surface area contributed by atoms with Gasteiger partial charge in [-0.2, -0.15) is 0 Å². The number of hydrogen-bond donors (Lipinski definition) is 2. The lowest BCUT2D eigenvalue weighted by molar-refractivity contribution is -0.117. The Kier molecular flexibility index (Phi) is 7.40. The number of likely N-dealkylation sites (N-methyl/N-ethyl adjacent to an activating group) is 1. The van der Waals surface area contributed by atoms with E-state index in [-0.39, 0.29) is 18.4 Å². The number of carbonyl (C=O) groups excluding carboxylic acids is 2. The van der Waals surface area contributed by atoms with Crippen molar-refractivity contribution >= 4 is 23.2 Å². The summed E-state index contributed by atoms with van der Waals surface area (Å²) in [6.45, 7) is 3.03. The molecule has 0 saturated carbocycles. The number of carbonyl (C=O) groups is 2. The number of methoxy groups -OCH3 is 1. The van der Waals surface area contributed by atoms with Crippen molar-refractivity contribution in [2.45, 2.75) is 13.5 Å². The summed E-state index contributed by atoms with van der Waals surface area (Å²) in [5.41, 5.74) is 4.13. The predicted octanol–water partition coefficient (Wildman–Crippen LogP) is 4.33. The first-order valence-corrected chi connectivity index (χ1v) is 10.0. The SMILES string of the molecule is COc1ccccc1NC(=O)c1ccc(NC(=O)CN(C)Cc2ccccc2C)cc1. The van der Waals surface area contributed by atoms with Crippen molar-refractivity contribution in [1.29, 1.82) is 0 Å². The minimum atomic E-state index is -0.250. The lowest BCUT2D eigenvalue weighted by Gasteiger charge is -2.17. The van der Waals surface area contributed by atoms with Crippen molar-refractivity contribution in [3.8, 4) is 5.75 Å². The highest BCUT2D eigenvalue weighted by Gasteiger charge is 2.11. The molecule has 3 aromatic carbocycles. The first kappa shape index (κ1) is 22.1. The van der Waals surface area contributed by atoms with Gasteiger partial charge < -0.3 is 15.4 Å². The number of hydrogen-bond acceptors (Lipinski definition) is 4. The van der Waals surface area contributed by atoms with Gasteiger partial charge >= 0.3 is 0 Å². The monoisotopic (exact) mass is 417 g/mol. The molecule has 0 spiro atoms. The van der Waals surface area contributed by atoms with Crippen LogP contribution in [0.3, 0.4) is 0 Å². The number of benzene rings is 3. The van der Waals surface area contributed by atoms with E-state index < -0.39 is 0 Å². The van der Waals surface area contributed by atoms with Gasteiger partial charge in [-0.15, -0.1) is 0 Å². The summed E-state index contributed by atoms with van der Waals surface area (Å²) in [5.74, 6) is 0.234. The number of ether oxygens (including phenoxy) is 1. The molecule has 0 radical (unpaired) electrons. The van der Waals surface area contributed by atoms with Crippen molar-refractivity contribution in [2.75, 3.05) is 31.3 Å². The third-order valence-electron chi connectivity index (χ3n) is 4.90. The second-order valence-electron chi connectivity index (χ2n) is 7.38. The maximum absolute atomic E-state index is 12.5. The van der Waals surface area contributed by atoms with E-state index in [1.807, 2.05) is 36.2 Å². The predicted molar refractivity (Wildman–Crippen MR) is 124 cm³/mol. The molecule has 6 nitrogen and oxygen atoms in total. The van der Waals surface area contributed by atoms with Gasteiger partial charge in [0.1, 0.15) is 5.75 Å². The highest BCUT2D eigenvalue weighted by molar-refractivity contribution is 6.05. The Morgan fingerprint density at radius 1 is 0.903 bits per heavy atom. The van der Waals surface area contributed by atoms with Crippen LogP contribution < -0.4 is 15.4 Å². The maximum atomic E-state index is 12.5. The van der Waals surface area contributed by atoms with E-state index in [1.54, 1.807) is 43.5 Å². The number of amides is 2. The average Bonchev–Trinajstić information content (AvgIpc) is 2.76. The van der Waals surface area contributed by atoms with Crippen molar-refractivity contribution < 1.29 is 14.3 Å². The summed E-state index contributed by atoms with van der Waals surface area (Å²) in [6, 6.07) is 22.2. The second-order valence-corrected chi connectivity index (χ2v) is 7.38. The van der Waals surface area contributed by atoms with Gasteiger partial charge in [-0.25, -0.2) is 0 Å². The largest absolute Gasteiger partial charge is 0.495 e. The first-order chi connectivity index (χ1) is 15.0. The van der Waals surface area contributed by atoms with Gasteiger partial charge in [-0.05, 0) is 61.5 Å². The molecule has 3 rings (SSSR count). The number of rotatable bonds is 8. The van der Waals surface area contributed by atoms with E-state index in [2.05, 4.69) is 29.7 Å². The number of anilines is 2. The molecule has 0 bridgehead atoms. The molecule has 0 aliphatic heterocycles. The molecule has 0 atom stereocenters. The van der Waals surface area contributed by atoms with Crippen LogP contribution in [0, 0.1) is 6.92 Å². The highest BCUT2D eigenvalue weighted by atomic mass is 16.5. The van der Waals surface area contributed by atoms with E-state index in [0.717, 1.165) is 0 Å². The minimum Gasteiger partial charge on any atom is -0.495 e. The fourth-order valence-corrected chi connectivity index (χ4v) is 3.23. The standard InChI is InChI=1S/C25H27N3O3/c1-18-8-4-5-9-20(18)16-28(2)17-24(29)26-21-14-12-19(13-15-21)25(30)27-22-10-6-7-11-23(22)31-3/h4-15H,16-17H2,1-3H3,(H,26,29)(H,27,30). The van der Waals surface area contributed by atoms with Gasteiger partial charge in [0.15, 0.2) is 0 Å². The van der Waals surface area contributed by atoms with Gasteiger partial charge in [-0.1, -0.05) is 36.4 Å². The highest BCUT2D eigenvalue weighted by Crippen LogP contribution is 2.24. The van der Waals surface area contributed by atoms with Crippen LogP contribution >= 0.6 is 0 Å². The molecule has 0 unspecified atom stereocenters. The van der Waals surface area contributed by atoms with E-state index in [1.165, 1.54) is 11.1 Å². The lowest BCUT2D eigenvalue weighted by Crippen LogP contribution is -2.30. The van der Waals surface area contributed by atoms with Gasteiger partial charge in [0.2, 0.25) is 5.91 Å². The van der Waals surface area contributed by atoms with Crippen LogP contribution in [0.4, 0.5) is 11.4 Å². The van der Waals surface area contributed by atoms with E-state index in [4.69, 9.17) is 4.74 Å². The summed E-state index contributed by atoms with van der Waals surface area (Å²) in [6.07, 6.45) is 0. The first-order valence-electron chi connectivity index (χ1n) is 10.0. The van der Waals surface area contributed by atoms with Crippen LogP contribution in [0.5, 0.6) is 5.75 Å². The quantitative estimate of drug-likeness (QED) is 0.572. The Balaban J connectivity index is 1.54. The summed E-state index contributed by atoms with van der Waals surface area (Å²) in [4.78, 5) is 26.8. The van der Waals surface area contributed by atoms with Crippen molar-refractivity contribution in [3.05, 3.63) is 89.5 Å². The number of aryl methyl sites for hydroxylation is 1. The fraction of sp³-hybridized carbons (Fsp3) is 0.200. The molecule has 6 heteroatoms. The molecule has 2 amide bonds. The molecular weight excluding hydrogens is 390 g/mol. The molecule has 0 aromatic heterocycles. The van der Waals surface area contributed by atoms with Gasteiger partial charge in [-0.3, -0.25) is 14.5 Å². The Bertz CT molecular complexity index is 1050. The molecule has 160 valence electrons. The van der Waals surface area contributed by atoms with Crippen molar-refractivity contribution in [2.24, 2.45) is 0 Å². The number of nitrogens with one attached hydrogen (secondary N) is 2. The van der Waals surface area contributed by atoms with Crippen LogP contribution in [-0.4, -0.2) is 37.4 Å². The zero-order valence-electron chi connectivity index (χ0n) is 18.0. The molecule has 0 heterocycles. The zero-order chi connectivity index (χ0) is 22.2. The Hall–Kier alpha value is -3.64. The van der Waals surface area contributed by atoms with Crippen LogP contribution in [-0.2, 0) is 11.3 Å². The lowest BCUT2D eigenvalue weighted by atomic mass is 10.1. The van der Waals surface area contributed by atoms with Crippen LogP contribution in [0.15, 0.2) is 72.8 Å². The summed E-state index contributed by atoms with van der Waals surface area (Å²) in [7, 11) is 3.47. The fourth-order valence-electron chi connectivity index (χ4n) is 3.23. The second kappa shape index (κ2) is 10.4. The van der Waals surface area contributed by atoms with Gasteiger partial charge in [0, 0.05) is 17.8 Å². The summed E-state index contributed by atoms with van der Waals surface area (Å²) >= 11 is 0. The summed E-state index contributed by atoms with van der Waals surface area (Å²) < 4.78 is 5.25. The molecular formula is C25H27N3O3. The maximum Gasteiger partial charge on any atom is 0.255 e. The number of nitrogens with zero attached hydrogens (tertiary/aromatic N) is 1. The molecule has 3 aromatic rings. The minimum absolute atomic E-state index is 0.109. The van der Waals surface area contributed by atoms with Crippen LogP contribution in [0.2, 0.25) is 0 Å². The van der Waals surface area contributed by atoms with Crippen molar-refractivity contribution in [3.63, 3.8) is 0 Å². The smallest absolute Gasteiger partial charge is 0.255 e. The van der Waals surface area contributed by atoms with E-state index in [0.29, 0.717) is 29.2 Å². The summed E-state index contributed by atoms with van der Waals surface area (Å²) in [5, 5.41) is 5.71. The van der Waals surface area contributed by atoms with Crippen LogP contribution in [0.25, 0.3) is 0 Å². The molecule has 0 aliphatic carbocycles. The topological polar surface area (TPSA) is 70.7 Å². The third kappa shape index (κ3) is 6.17. The molecule has 0 fully saturated rings. The van der Waals surface area contributed by atoms with E-state index in [9.17, 15) is 9.59 Å². The Labute approximate surface area is 182 Å².